The lowest BCUT2D eigenvalue weighted by Gasteiger charge is -2.17. The summed E-state index contributed by atoms with van der Waals surface area (Å²) in [6.07, 6.45) is -0.0954. The van der Waals surface area contributed by atoms with Crippen molar-refractivity contribution in [1.82, 2.24) is 0 Å². The standard InChI is InChI=1S/C10H8BrCl3O2/c11-7-1-6(2-8(12)3-7)4-10(13,14)5-9(15)16/h1-3H,4-5H2,(H,15,16). The minimum atomic E-state index is -1.32. The van der Waals surface area contributed by atoms with E-state index in [4.69, 9.17) is 39.9 Å². The zero-order chi connectivity index (χ0) is 12.3. The second kappa shape index (κ2) is 5.58. The first-order valence-corrected chi connectivity index (χ1v) is 6.26. The molecule has 0 heterocycles. The van der Waals surface area contributed by atoms with Gasteiger partial charge in [0.1, 0.15) is 4.33 Å². The summed E-state index contributed by atoms with van der Waals surface area (Å²) in [5, 5.41) is 9.18. The van der Waals surface area contributed by atoms with Crippen LogP contribution in [0.3, 0.4) is 0 Å². The molecule has 0 atom stereocenters. The van der Waals surface area contributed by atoms with Gasteiger partial charge in [0.15, 0.2) is 0 Å². The third-order valence-electron chi connectivity index (χ3n) is 1.79. The van der Waals surface area contributed by atoms with Crippen molar-refractivity contribution in [2.75, 3.05) is 0 Å². The van der Waals surface area contributed by atoms with Crippen molar-refractivity contribution in [1.29, 1.82) is 0 Å². The van der Waals surface area contributed by atoms with Gasteiger partial charge >= 0.3 is 5.97 Å². The maximum absolute atomic E-state index is 10.5. The average Bonchev–Trinajstić information content (AvgIpc) is 1.95. The minimum Gasteiger partial charge on any atom is -0.481 e. The van der Waals surface area contributed by atoms with Crippen LogP contribution in [0.25, 0.3) is 0 Å². The van der Waals surface area contributed by atoms with E-state index >= 15 is 0 Å². The van der Waals surface area contributed by atoms with Crippen molar-refractivity contribution in [3.05, 3.63) is 33.3 Å². The summed E-state index contributed by atoms with van der Waals surface area (Å²) < 4.78 is -0.523. The Morgan fingerprint density at radius 3 is 2.50 bits per heavy atom. The number of halogens is 4. The van der Waals surface area contributed by atoms with Crippen molar-refractivity contribution in [2.24, 2.45) is 0 Å². The fourth-order valence-corrected chi connectivity index (χ4v) is 2.76. The van der Waals surface area contributed by atoms with Crippen LogP contribution in [0, 0.1) is 0 Å². The molecule has 0 aromatic heterocycles. The van der Waals surface area contributed by atoms with Crippen molar-refractivity contribution in [3.63, 3.8) is 0 Å². The topological polar surface area (TPSA) is 37.3 Å². The smallest absolute Gasteiger partial charge is 0.306 e. The van der Waals surface area contributed by atoms with Crippen molar-refractivity contribution < 1.29 is 9.90 Å². The lowest BCUT2D eigenvalue weighted by atomic mass is 10.1. The van der Waals surface area contributed by atoms with Crippen LogP contribution < -0.4 is 0 Å². The summed E-state index contributed by atoms with van der Waals surface area (Å²) in [4.78, 5) is 10.5. The number of alkyl halides is 2. The fraction of sp³-hybridized carbons (Fsp3) is 0.300. The summed E-state index contributed by atoms with van der Waals surface area (Å²) >= 11 is 20.9. The second-order valence-corrected chi connectivity index (χ2v) is 6.37. The number of aliphatic carboxylic acids is 1. The van der Waals surface area contributed by atoms with Crippen LogP contribution in [0.5, 0.6) is 0 Å². The van der Waals surface area contributed by atoms with Gasteiger partial charge in [-0.1, -0.05) is 27.5 Å². The molecule has 0 aliphatic heterocycles. The summed E-state index contributed by atoms with van der Waals surface area (Å²) in [6.45, 7) is 0. The Kier molecular flexibility index (Phi) is 4.92. The molecule has 0 bridgehead atoms. The van der Waals surface area contributed by atoms with E-state index in [0.29, 0.717) is 5.02 Å². The molecule has 88 valence electrons. The van der Waals surface area contributed by atoms with Gasteiger partial charge in [0, 0.05) is 15.9 Å². The van der Waals surface area contributed by atoms with Crippen LogP contribution >= 0.6 is 50.7 Å². The van der Waals surface area contributed by atoms with Gasteiger partial charge in [-0.3, -0.25) is 4.79 Å². The highest BCUT2D eigenvalue weighted by Gasteiger charge is 2.28. The third-order valence-corrected chi connectivity index (χ3v) is 3.01. The van der Waals surface area contributed by atoms with Gasteiger partial charge in [-0.05, 0) is 23.8 Å². The quantitative estimate of drug-likeness (QED) is 0.826. The number of rotatable bonds is 4. The Hall–Kier alpha value is 0.0400. The predicted molar refractivity (Wildman–Crippen MR) is 69.5 cm³/mol. The van der Waals surface area contributed by atoms with E-state index in [-0.39, 0.29) is 12.8 Å². The van der Waals surface area contributed by atoms with Crippen LogP contribution in [-0.2, 0) is 11.2 Å². The number of benzene rings is 1. The molecule has 0 fully saturated rings. The van der Waals surface area contributed by atoms with Gasteiger partial charge < -0.3 is 5.11 Å². The van der Waals surface area contributed by atoms with E-state index in [1.54, 1.807) is 18.2 Å². The molecule has 0 saturated heterocycles. The van der Waals surface area contributed by atoms with Crippen LogP contribution in [0.15, 0.2) is 22.7 Å². The van der Waals surface area contributed by atoms with E-state index < -0.39 is 10.3 Å². The summed E-state index contributed by atoms with van der Waals surface area (Å²) in [5.74, 6) is -1.04. The zero-order valence-electron chi connectivity index (χ0n) is 8.01. The lowest BCUT2D eigenvalue weighted by molar-refractivity contribution is -0.137. The first-order chi connectivity index (χ1) is 7.28. The summed E-state index contributed by atoms with van der Waals surface area (Å²) in [5.41, 5.74) is 0.783. The first-order valence-electron chi connectivity index (χ1n) is 4.33. The van der Waals surface area contributed by atoms with Gasteiger partial charge in [0.05, 0.1) is 6.42 Å². The van der Waals surface area contributed by atoms with E-state index in [1.807, 2.05) is 0 Å². The normalized spacial score (nSPS) is 11.5. The van der Waals surface area contributed by atoms with Crippen molar-refractivity contribution in [3.8, 4) is 0 Å². The highest BCUT2D eigenvalue weighted by Crippen LogP contribution is 2.31. The van der Waals surface area contributed by atoms with E-state index in [1.165, 1.54) is 0 Å². The molecule has 16 heavy (non-hydrogen) atoms. The monoisotopic (exact) mass is 344 g/mol. The second-order valence-electron chi connectivity index (χ2n) is 3.38. The zero-order valence-corrected chi connectivity index (χ0v) is 11.9. The fourth-order valence-electron chi connectivity index (χ4n) is 1.30. The largest absolute Gasteiger partial charge is 0.481 e. The highest BCUT2D eigenvalue weighted by atomic mass is 79.9. The predicted octanol–water partition coefficient (Wildman–Crippen LogP) is 4.29. The minimum absolute atomic E-state index is 0.224. The Labute approximate surface area is 117 Å². The van der Waals surface area contributed by atoms with E-state index in [2.05, 4.69) is 15.9 Å². The van der Waals surface area contributed by atoms with Crippen LogP contribution in [-0.4, -0.2) is 15.4 Å². The third kappa shape index (κ3) is 4.91. The molecular formula is C10H8BrCl3O2. The number of hydrogen-bond acceptors (Lipinski definition) is 1. The van der Waals surface area contributed by atoms with E-state index in [9.17, 15) is 4.79 Å². The number of hydrogen-bond donors (Lipinski definition) is 1. The molecule has 1 aromatic carbocycles. The molecule has 6 heteroatoms. The molecule has 1 aromatic rings. The Morgan fingerprint density at radius 2 is 2.00 bits per heavy atom. The Morgan fingerprint density at radius 1 is 1.38 bits per heavy atom. The van der Waals surface area contributed by atoms with Gasteiger partial charge in [0.2, 0.25) is 0 Å². The van der Waals surface area contributed by atoms with Crippen molar-refractivity contribution >= 4 is 56.7 Å². The number of carbonyl (C=O) groups is 1. The molecule has 0 unspecified atom stereocenters. The maximum atomic E-state index is 10.5. The molecule has 0 spiro atoms. The number of carboxylic acid groups (broad SMARTS) is 1. The SMILES string of the molecule is O=C(O)CC(Cl)(Cl)Cc1cc(Cl)cc(Br)c1. The molecule has 0 aliphatic rings. The molecule has 0 aliphatic carbocycles. The Balaban J connectivity index is 2.83. The average molecular weight is 346 g/mol. The lowest BCUT2D eigenvalue weighted by Crippen LogP contribution is -2.21. The summed E-state index contributed by atoms with van der Waals surface area (Å²) in [7, 11) is 0. The Bertz CT molecular complexity index is 387. The van der Waals surface area contributed by atoms with Gasteiger partial charge in [-0.2, -0.15) is 0 Å². The van der Waals surface area contributed by atoms with Crippen LogP contribution in [0.2, 0.25) is 5.02 Å². The molecule has 0 saturated carbocycles. The molecule has 1 N–H and O–H groups in total. The molecular weight excluding hydrogens is 338 g/mol. The maximum Gasteiger partial charge on any atom is 0.306 e. The van der Waals surface area contributed by atoms with E-state index in [0.717, 1.165) is 10.0 Å². The van der Waals surface area contributed by atoms with Gasteiger partial charge in [-0.15, -0.1) is 23.2 Å². The van der Waals surface area contributed by atoms with Crippen LogP contribution in [0.4, 0.5) is 0 Å². The van der Waals surface area contributed by atoms with Crippen LogP contribution in [0.1, 0.15) is 12.0 Å². The van der Waals surface area contributed by atoms with Gasteiger partial charge in [0.25, 0.3) is 0 Å². The molecule has 0 amide bonds. The molecule has 0 radical (unpaired) electrons. The number of carboxylic acids is 1. The van der Waals surface area contributed by atoms with Crippen molar-refractivity contribution in [2.45, 2.75) is 17.2 Å². The molecule has 2 nitrogen and oxygen atoms in total. The molecule has 1 rings (SSSR count). The van der Waals surface area contributed by atoms with Gasteiger partial charge in [-0.25, -0.2) is 0 Å². The summed E-state index contributed by atoms with van der Waals surface area (Å²) in [6, 6.07) is 5.23. The highest BCUT2D eigenvalue weighted by molar-refractivity contribution is 9.10. The first kappa shape index (κ1) is 14.1.